The van der Waals surface area contributed by atoms with Gasteiger partial charge in [-0.15, -0.1) is 0 Å². The zero-order chi connectivity index (χ0) is 19.8. The van der Waals surface area contributed by atoms with Crippen molar-refractivity contribution in [2.75, 3.05) is 18.1 Å². The maximum Gasteiger partial charge on any atom is 0.258 e. The molecule has 0 heterocycles. The molecular formula is C24H22FNO2. The molecule has 0 saturated heterocycles. The molecule has 1 amide bonds. The zero-order valence-electron chi connectivity index (χ0n) is 15.7. The van der Waals surface area contributed by atoms with Gasteiger partial charge in [0, 0.05) is 17.8 Å². The molecule has 3 rings (SSSR count). The summed E-state index contributed by atoms with van der Waals surface area (Å²) in [6.45, 7) is 2.85. The molecule has 3 aromatic rings. The van der Waals surface area contributed by atoms with Crippen LogP contribution < -0.4 is 9.64 Å². The summed E-state index contributed by atoms with van der Waals surface area (Å²) in [5, 5.41) is 0. The molecule has 142 valence electrons. The first-order chi connectivity index (χ1) is 13.7. The van der Waals surface area contributed by atoms with E-state index in [2.05, 4.69) is 0 Å². The Hall–Kier alpha value is -3.40. The molecule has 0 unspecified atom stereocenters. The van der Waals surface area contributed by atoms with Crippen molar-refractivity contribution in [3.63, 3.8) is 0 Å². The van der Waals surface area contributed by atoms with E-state index in [-0.39, 0.29) is 5.91 Å². The molecule has 28 heavy (non-hydrogen) atoms. The molecule has 3 aromatic carbocycles. The second-order valence-electron chi connectivity index (χ2n) is 6.17. The summed E-state index contributed by atoms with van der Waals surface area (Å²) in [6, 6.07) is 22.9. The lowest BCUT2D eigenvalue weighted by Crippen LogP contribution is -2.31. The van der Waals surface area contributed by atoms with Crippen LogP contribution in [-0.4, -0.2) is 19.1 Å². The van der Waals surface area contributed by atoms with Crippen molar-refractivity contribution in [2.24, 2.45) is 0 Å². The molecular weight excluding hydrogens is 353 g/mol. The van der Waals surface area contributed by atoms with Crippen molar-refractivity contribution < 1.29 is 13.9 Å². The first-order valence-corrected chi connectivity index (χ1v) is 9.19. The standard InChI is InChI=1S/C24H22FNO2/c1-2-28-23-15-13-22(14-16-23)26(17-7-10-19-8-4-3-5-9-19)24(27)20-11-6-12-21(25)18-20/h3-16,18H,2,17H2,1H3/b10-7+. The first-order valence-electron chi connectivity index (χ1n) is 9.19. The van der Waals surface area contributed by atoms with Crippen LogP contribution in [0, 0.1) is 5.82 Å². The van der Waals surface area contributed by atoms with Crippen LogP contribution in [0.2, 0.25) is 0 Å². The number of ether oxygens (including phenoxy) is 1. The summed E-state index contributed by atoms with van der Waals surface area (Å²) in [5.74, 6) is 0.0444. The van der Waals surface area contributed by atoms with Crippen LogP contribution in [0.4, 0.5) is 10.1 Å². The Kier molecular flexibility index (Phi) is 6.58. The van der Waals surface area contributed by atoms with Crippen LogP contribution in [0.5, 0.6) is 5.75 Å². The van der Waals surface area contributed by atoms with Crippen molar-refractivity contribution in [2.45, 2.75) is 6.92 Å². The number of rotatable bonds is 7. The lowest BCUT2D eigenvalue weighted by molar-refractivity contribution is 0.0989. The number of halogens is 1. The number of carbonyl (C=O) groups excluding carboxylic acids is 1. The van der Waals surface area contributed by atoms with E-state index in [0.29, 0.717) is 18.7 Å². The minimum Gasteiger partial charge on any atom is -0.494 e. The molecule has 0 aliphatic heterocycles. The highest BCUT2D eigenvalue weighted by Crippen LogP contribution is 2.22. The van der Waals surface area contributed by atoms with Gasteiger partial charge < -0.3 is 9.64 Å². The summed E-state index contributed by atoms with van der Waals surface area (Å²) >= 11 is 0. The third-order valence-corrected chi connectivity index (χ3v) is 4.17. The summed E-state index contributed by atoms with van der Waals surface area (Å²) in [5.41, 5.74) is 2.07. The third kappa shape index (κ3) is 5.07. The van der Waals surface area contributed by atoms with Gasteiger partial charge >= 0.3 is 0 Å². The monoisotopic (exact) mass is 375 g/mol. The van der Waals surface area contributed by atoms with Gasteiger partial charge in [0.15, 0.2) is 0 Å². The minimum absolute atomic E-state index is 0.263. The van der Waals surface area contributed by atoms with Gasteiger partial charge in [-0.1, -0.05) is 48.6 Å². The topological polar surface area (TPSA) is 29.5 Å². The van der Waals surface area contributed by atoms with E-state index in [1.807, 2.05) is 73.7 Å². The van der Waals surface area contributed by atoms with Crippen molar-refractivity contribution in [1.82, 2.24) is 0 Å². The number of nitrogens with zero attached hydrogens (tertiary/aromatic N) is 1. The van der Waals surface area contributed by atoms with E-state index < -0.39 is 5.82 Å². The molecule has 0 N–H and O–H groups in total. The van der Waals surface area contributed by atoms with Gasteiger partial charge in [-0.05, 0) is 55.0 Å². The average Bonchev–Trinajstić information content (AvgIpc) is 2.73. The van der Waals surface area contributed by atoms with E-state index >= 15 is 0 Å². The largest absolute Gasteiger partial charge is 0.494 e. The fourth-order valence-electron chi connectivity index (χ4n) is 2.83. The van der Waals surface area contributed by atoms with Crippen LogP contribution in [0.25, 0.3) is 6.08 Å². The van der Waals surface area contributed by atoms with Crippen LogP contribution in [0.15, 0.2) is 84.9 Å². The van der Waals surface area contributed by atoms with Crippen molar-refractivity contribution >= 4 is 17.7 Å². The fourth-order valence-corrected chi connectivity index (χ4v) is 2.83. The maximum absolute atomic E-state index is 13.6. The number of hydrogen-bond acceptors (Lipinski definition) is 2. The Labute approximate surface area is 164 Å². The van der Waals surface area contributed by atoms with Gasteiger partial charge in [0.05, 0.1) is 6.61 Å². The van der Waals surface area contributed by atoms with Crippen LogP contribution in [0.1, 0.15) is 22.8 Å². The molecule has 0 fully saturated rings. The number of benzene rings is 3. The summed E-state index contributed by atoms with van der Waals surface area (Å²) in [6.07, 6.45) is 3.88. The fraction of sp³-hybridized carbons (Fsp3) is 0.125. The zero-order valence-corrected chi connectivity index (χ0v) is 15.7. The highest BCUT2D eigenvalue weighted by molar-refractivity contribution is 6.06. The second kappa shape index (κ2) is 9.51. The smallest absolute Gasteiger partial charge is 0.258 e. The molecule has 0 radical (unpaired) electrons. The van der Waals surface area contributed by atoms with Gasteiger partial charge in [0.2, 0.25) is 0 Å². The number of carbonyl (C=O) groups is 1. The highest BCUT2D eigenvalue weighted by atomic mass is 19.1. The SMILES string of the molecule is CCOc1ccc(N(C/C=C/c2ccccc2)C(=O)c2cccc(F)c2)cc1. The molecule has 0 aromatic heterocycles. The highest BCUT2D eigenvalue weighted by Gasteiger charge is 2.17. The number of anilines is 1. The molecule has 4 heteroatoms. The summed E-state index contributed by atoms with van der Waals surface area (Å²) in [4.78, 5) is 14.7. The average molecular weight is 375 g/mol. The van der Waals surface area contributed by atoms with E-state index in [4.69, 9.17) is 4.74 Å². The van der Waals surface area contributed by atoms with Crippen LogP contribution in [0.3, 0.4) is 0 Å². The predicted molar refractivity (Wildman–Crippen MR) is 111 cm³/mol. The molecule has 0 aliphatic rings. The van der Waals surface area contributed by atoms with Crippen LogP contribution >= 0.6 is 0 Å². The van der Waals surface area contributed by atoms with E-state index in [0.717, 1.165) is 17.0 Å². The number of amides is 1. The lowest BCUT2D eigenvalue weighted by Gasteiger charge is -2.22. The Morgan fingerprint density at radius 2 is 1.75 bits per heavy atom. The molecule has 3 nitrogen and oxygen atoms in total. The first kappa shape index (κ1) is 19.4. The predicted octanol–water partition coefficient (Wildman–Crippen LogP) is 5.58. The lowest BCUT2D eigenvalue weighted by atomic mass is 10.1. The number of hydrogen-bond donors (Lipinski definition) is 0. The third-order valence-electron chi connectivity index (χ3n) is 4.17. The Bertz CT molecular complexity index is 936. The van der Waals surface area contributed by atoms with Crippen molar-refractivity contribution in [3.05, 3.63) is 102 Å². The maximum atomic E-state index is 13.6. The van der Waals surface area contributed by atoms with Crippen molar-refractivity contribution in [1.29, 1.82) is 0 Å². The van der Waals surface area contributed by atoms with E-state index in [9.17, 15) is 9.18 Å². The Balaban J connectivity index is 1.86. The van der Waals surface area contributed by atoms with E-state index in [1.54, 1.807) is 17.0 Å². The quantitative estimate of drug-likeness (QED) is 0.539. The molecule has 0 atom stereocenters. The molecule has 0 aliphatic carbocycles. The van der Waals surface area contributed by atoms with E-state index in [1.165, 1.54) is 12.1 Å². The second-order valence-corrected chi connectivity index (χ2v) is 6.17. The summed E-state index contributed by atoms with van der Waals surface area (Å²) < 4.78 is 19.1. The summed E-state index contributed by atoms with van der Waals surface area (Å²) in [7, 11) is 0. The van der Waals surface area contributed by atoms with Gasteiger partial charge in [-0.25, -0.2) is 4.39 Å². The normalized spacial score (nSPS) is 10.8. The van der Waals surface area contributed by atoms with Gasteiger partial charge in [-0.3, -0.25) is 4.79 Å². The molecule has 0 bridgehead atoms. The van der Waals surface area contributed by atoms with Gasteiger partial charge in [-0.2, -0.15) is 0 Å². The minimum atomic E-state index is -0.433. The Morgan fingerprint density at radius 3 is 2.43 bits per heavy atom. The van der Waals surface area contributed by atoms with Gasteiger partial charge in [0.25, 0.3) is 5.91 Å². The van der Waals surface area contributed by atoms with Gasteiger partial charge in [0.1, 0.15) is 11.6 Å². The molecule has 0 saturated carbocycles. The van der Waals surface area contributed by atoms with Crippen LogP contribution in [-0.2, 0) is 0 Å². The van der Waals surface area contributed by atoms with Crippen molar-refractivity contribution in [3.8, 4) is 5.75 Å². The Morgan fingerprint density at radius 1 is 1.00 bits per heavy atom. The molecule has 0 spiro atoms.